The number of hydrogen-bond donors (Lipinski definition) is 3. The Balaban J connectivity index is 1.73. The van der Waals surface area contributed by atoms with Crippen LogP contribution in [0.3, 0.4) is 0 Å². The van der Waals surface area contributed by atoms with E-state index < -0.39 is 6.04 Å². The number of aromatic amines is 1. The average Bonchev–Trinajstić information content (AvgIpc) is 3.26. The molecule has 3 aromatic rings. The van der Waals surface area contributed by atoms with Crippen molar-refractivity contribution < 1.29 is 9.59 Å². The molecule has 32 heavy (non-hydrogen) atoms. The number of nitrogens with one attached hydrogen (secondary N) is 3. The fourth-order valence-corrected chi connectivity index (χ4v) is 3.59. The van der Waals surface area contributed by atoms with Crippen molar-refractivity contribution in [1.29, 1.82) is 0 Å². The van der Waals surface area contributed by atoms with Gasteiger partial charge in [0.25, 0.3) is 0 Å². The fraction of sp³-hybridized carbons (Fsp3) is 0.348. The molecule has 0 saturated heterocycles. The van der Waals surface area contributed by atoms with Crippen LogP contribution in [0.15, 0.2) is 42.7 Å². The van der Waals surface area contributed by atoms with Gasteiger partial charge < -0.3 is 15.6 Å². The van der Waals surface area contributed by atoms with Crippen LogP contribution in [0.25, 0.3) is 11.0 Å². The molecule has 0 saturated carbocycles. The van der Waals surface area contributed by atoms with E-state index >= 15 is 0 Å². The molecule has 0 spiro atoms. The number of carbonyl (C=O) groups excluding carboxylic acids is 2. The van der Waals surface area contributed by atoms with Gasteiger partial charge >= 0.3 is 0 Å². The highest BCUT2D eigenvalue weighted by Crippen LogP contribution is 2.23. The number of amides is 2. The highest BCUT2D eigenvalue weighted by Gasteiger charge is 2.25. The molecule has 1 unspecified atom stereocenters. The van der Waals surface area contributed by atoms with E-state index in [-0.39, 0.29) is 24.3 Å². The summed E-state index contributed by atoms with van der Waals surface area (Å²) in [5.74, 6) is -0.505. The van der Waals surface area contributed by atoms with E-state index in [0.29, 0.717) is 23.1 Å². The van der Waals surface area contributed by atoms with Gasteiger partial charge in [-0.05, 0) is 55.9 Å². The van der Waals surface area contributed by atoms with Crippen molar-refractivity contribution in [2.24, 2.45) is 0 Å². The standard InChI is InChI=1S/C23H27Cl2N5O2/c1-4-30(3)14(2)22(31)29-20(11-15-5-6-18(24)19(25)10-15)23(32)28-13-16-9-17-7-8-26-21(17)27-12-16/h5-10,12,14,20H,4,11,13H2,1-3H3,(H,26,27)(H,28,32)(H,29,31)/t14?,20-/m0/s1. The van der Waals surface area contributed by atoms with Gasteiger partial charge in [-0.15, -0.1) is 0 Å². The van der Waals surface area contributed by atoms with Gasteiger partial charge in [-0.2, -0.15) is 0 Å². The number of rotatable bonds is 9. The Morgan fingerprint density at radius 1 is 1.12 bits per heavy atom. The molecule has 2 aromatic heterocycles. The lowest BCUT2D eigenvalue weighted by molar-refractivity contribution is -0.131. The quantitative estimate of drug-likeness (QED) is 0.441. The first-order chi connectivity index (χ1) is 15.3. The van der Waals surface area contributed by atoms with Gasteiger partial charge in [-0.1, -0.05) is 36.2 Å². The molecule has 3 rings (SSSR count). The molecule has 0 radical (unpaired) electrons. The molecule has 0 fully saturated rings. The zero-order chi connectivity index (χ0) is 23.3. The number of benzene rings is 1. The Morgan fingerprint density at radius 2 is 1.91 bits per heavy atom. The van der Waals surface area contributed by atoms with E-state index in [1.807, 2.05) is 44.1 Å². The third-order valence-electron chi connectivity index (χ3n) is 5.52. The number of nitrogens with zero attached hydrogens (tertiary/aromatic N) is 2. The SMILES string of the molecule is CCN(C)C(C)C(=O)N[C@@H](Cc1ccc(Cl)c(Cl)c1)C(=O)NCc1cnc2[nH]ccc2c1. The van der Waals surface area contributed by atoms with E-state index in [0.717, 1.165) is 22.2 Å². The van der Waals surface area contributed by atoms with Crippen LogP contribution in [-0.4, -0.2) is 52.4 Å². The summed E-state index contributed by atoms with van der Waals surface area (Å²) < 4.78 is 0. The molecule has 0 aliphatic rings. The largest absolute Gasteiger partial charge is 0.350 e. The number of carbonyl (C=O) groups is 2. The van der Waals surface area contributed by atoms with Gasteiger partial charge in [-0.25, -0.2) is 4.98 Å². The second kappa shape index (κ2) is 10.8. The van der Waals surface area contributed by atoms with E-state index in [1.165, 1.54) is 0 Å². The molecule has 7 nitrogen and oxygen atoms in total. The molecule has 3 N–H and O–H groups in total. The molecule has 0 aliphatic heterocycles. The minimum absolute atomic E-state index is 0.218. The predicted molar refractivity (Wildman–Crippen MR) is 128 cm³/mol. The first-order valence-electron chi connectivity index (χ1n) is 10.4. The number of hydrogen-bond acceptors (Lipinski definition) is 4. The first-order valence-corrected chi connectivity index (χ1v) is 11.2. The second-order valence-electron chi connectivity index (χ2n) is 7.74. The van der Waals surface area contributed by atoms with Gasteiger partial charge in [0.15, 0.2) is 0 Å². The summed E-state index contributed by atoms with van der Waals surface area (Å²) in [7, 11) is 1.86. The van der Waals surface area contributed by atoms with E-state index in [9.17, 15) is 9.59 Å². The van der Waals surface area contributed by atoms with Crippen molar-refractivity contribution in [1.82, 2.24) is 25.5 Å². The molecule has 9 heteroatoms. The van der Waals surface area contributed by atoms with Crippen molar-refractivity contribution in [3.05, 3.63) is 63.9 Å². The van der Waals surface area contributed by atoms with Crippen LogP contribution in [-0.2, 0) is 22.6 Å². The van der Waals surface area contributed by atoms with Crippen LogP contribution in [0, 0.1) is 0 Å². The number of halogens is 2. The normalized spacial score (nSPS) is 13.2. The Bertz CT molecular complexity index is 1100. The van der Waals surface area contributed by atoms with Crippen LogP contribution in [0.4, 0.5) is 0 Å². The predicted octanol–water partition coefficient (Wildman–Crippen LogP) is 3.55. The third kappa shape index (κ3) is 6.00. The van der Waals surface area contributed by atoms with Gasteiger partial charge in [0.05, 0.1) is 16.1 Å². The molecular formula is C23H27Cl2N5O2. The lowest BCUT2D eigenvalue weighted by Gasteiger charge is -2.25. The molecular weight excluding hydrogens is 449 g/mol. The Hall–Kier alpha value is -2.61. The number of fused-ring (bicyclic) bond motifs is 1. The molecule has 1 aromatic carbocycles. The minimum Gasteiger partial charge on any atom is -0.350 e. The van der Waals surface area contributed by atoms with Gasteiger partial charge in [0, 0.05) is 30.7 Å². The smallest absolute Gasteiger partial charge is 0.243 e. The third-order valence-corrected chi connectivity index (χ3v) is 6.26. The van der Waals surface area contributed by atoms with E-state index in [1.54, 1.807) is 24.4 Å². The highest BCUT2D eigenvalue weighted by atomic mass is 35.5. The van der Waals surface area contributed by atoms with Crippen molar-refractivity contribution in [2.75, 3.05) is 13.6 Å². The monoisotopic (exact) mass is 475 g/mol. The van der Waals surface area contributed by atoms with E-state index in [4.69, 9.17) is 23.2 Å². The summed E-state index contributed by atoms with van der Waals surface area (Å²) in [6.45, 7) is 4.79. The van der Waals surface area contributed by atoms with Crippen molar-refractivity contribution >= 4 is 46.0 Å². The Labute approximate surface area is 197 Å². The van der Waals surface area contributed by atoms with Crippen LogP contribution >= 0.6 is 23.2 Å². The van der Waals surface area contributed by atoms with Crippen LogP contribution in [0.1, 0.15) is 25.0 Å². The fourth-order valence-electron chi connectivity index (χ4n) is 3.27. The topological polar surface area (TPSA) is 90.1 Å². The maximum absolute atomic E-state index is 13.1. The average molecular weight is 476 g/mol. The Kier molecular flexibility index (Phi) is 8.12. The summed E-state index contributed by atoms with van der Waals surface area (Å²) in [5.41, 5.74) is 2.45. The number of H-pyrrole nitrogens is 1. The summed E-state index contributed by atoms with van der Waals surface area (Å²) in [6, 6.07) is 7.94. The molecule has 2 heterocycles. The van der Waals surface area contributed by atoms with Crippen molar-refractivity contribution in [3.63, 3.8) is 0 Å². The lowest BCUT2D eigenvalue weighted by atomic mass is 10.0. The molecule has 2 amide bonds. The van der Waals surface area contributed by atoms with Gasteiger partial charge in [0.2, 0.25) is 11.8 Å². The van der Waals surface area contributed by atoms with Crippen molar-refractivity contribution in [2.45, 2.75) is 38.9 Å². The van der Waals surface area contributed by atoms with Crippen LogP contribution in [0.2, 0.25) is 10.0 Å². The maximum atomic E-state index is 13.1. The zero-order valence-corrected chi connectivity index (χ0v) is 19.8. The highest BCUT2D eigenvalue weighted by molar-refractivity contribution is 6.42. The van der Waals surface area contributed by atoms with Gasteiger partial charge in [-0.3, -0.25) is 14.5 Å². The van der Waals surface area contributed by atoms with Crippen molar-refractivity contribution in [3.8, 4) is 0 Å². The summed E-state index contributed by atoms with van der Waals surface area (Å²) in [4.78, 5) is 35.1. The number of aromatic nitrogens is 2. The molecule has 0 bridgehead atoms. The number of pyridine rings is 1. The van der Waals surface area contributed by atoms with Crippen LogP contribution in [0.5, 0.6) is 0 Å². The molecule has 2 atom stereocenters. The molecule has 0 aliphatic carbocycles. The second-order valence-corrected chi connectivity index (χ2v) is 8.55. The first kappa shape index (κ1) is 24.0. The maximum Gasteiger partial charge on any atom is 0.243 e. The van der Waals surface area contributed by atoms with Gasteiger partial charge in [0.1, 0.15) is 11.7 Å². The summed E-state index contributed by atoms with van der Waals surface area (Å²) in [6.07, 6.45) is 3.81. The summed E-state index contributed by atoms with van der Waals surface area (Å²) >= 11 is 12.1. The minimum atomic E-state index is -0.767. The van der Waals surface area contributed by atoms with E-state index in [2.05, 4.69) is 20.6 Å². The Morgan fingerprint density at radius 3 is 2.62 bits per heavy atom. The number of likely N-dealkylation sites (N-methyl/N-ethyl adjacent to an activating group) is 1. The van der Waals surface area contributed by atoms with Crippen LogP contribution < -0.4 is 10.6 Å². The molecule has 170 valence electrons. The lowest BCUT2D eigenvalue weighted by Crippen LogP contribution is -2.53. The summed E-state index contributed by atoms with van der Waals surface area (Å²) in [5, 5.41) is 7.61. The zero-order valence-electron chi connectivity index (χ0n) is 18.3.